The van der Waals surface area contributed by atoms with Crippen LogP contribution in [-0.2, 0) is 4.79 Å². The molecule has 1 N–H and O–H groups in total. The van der Waals surface area contributed by atoms with Gasteiger partial charge >= 0.3 is 43.7 Å². The molecule has 13 heavy (non-hydrogen) atoms. The number of nitrogens with zero attached hydrogens (tertiary/aromatic N) is 1. The molecule has 3 nitrogen and oxygen atoms in total. The van der Waals surface area contributed by atoms with Gasteiger partial charge in [0, 0.05) is 12.5 Å². The van der Waals surface area contributed by atoms with Gasteiger partial charge in [-0.25, -0.2) is 4.79 Å². The molecule has 0 heterocycles. The average Bonchev–Trinajstić information content (AvgIpc) is 2.13. The van der Waals surface area contributed by atoms with Crippen molar-refractivity contribution in [2.75, 3.05) is 20.5 Å². The van der Waals surface area contributed by atoms with Gasteiger partial charge in [0.2, 0.25) is 0 Å². The number of hydrogen-bond acceptors (Lipinski definition) is 1. The molecule has 0 fully saturated rings. The van der Waals surface area contributed by atoms with Crippen LogP contribution in [0.2, 0.25) is 0 Å². The molecular formula is C8H18CaClNO2. The van der Waals surface area contributed by atoms with E-state index >= 15 is 0 Å². The molecule has 0 aliphatic rings. The van der Waals surface area contributed by atoms with E-state index in [4.69, 9.17) is 5.11 Å². The Morgan fingerprint density at radius 1 is 1.46 bits per heavy atom. The molecule has 0 aromatic heterocycles. The summed E-state index contributed by atoms with van der Waals surface area (Å²) in [6, 6.07) is 0. The second kappa shape index (κ2) is 53.4. The summed E-state index contributed by atoms with van der Waals surface area (Å²) in [4.78, 5) is 9.25. The normalized spacial score (nSPS) is 4.77. The molecule has 0 aliphatic carbocycles. The predicted molar refractivity (Wildman–Crippen MR) is 61.6 cm³/mol. The topological polar surface area (TPSA) is 51.4 Å². The molecule has 5 heteroatoms. The van der Waals surface area contributed by atoms with Crippen LogP contribution in [0.3, 0.4) is 0 Å². The smallest absolute Gasteiger partial charge is 0.668 e. The number of carbonyl (C=O) groups is 1. The number of carboxylic acids is 1. The van der Waals surface area contributed by atoms with Crippen molar-refractivity contribution in [1.82, 2.24) is 0 Å². The largest absolute Gasteiger partial charge is 2.00 e. The first kappa shape index (κ1) is 29.2. The SMILES string of the molecule is C=CC(=O)O.CCl.C[N-]C.[CH2-]C.[Ca+2]. The van der Waals surface area contributed by atoms with E-state index in [1.807, 2.05) is 0 Å². The fraction of sp³-hybridized carbons (Fsp3) is 0.500. The van der Waals surface area contributed by atoms with Gasteiger partial charge in [0.15, 0.2) is 0 Å². The van der Waals surface area contributed by atoms with Crippen molar-refractivity contribution in [2.45, 2.75) is 6.92 Å². The van der Waals surface area contributed by atoms with Crippen LogP contribution in [-0.4, -0.2) is 69.3 Å². The fourth-order valence-electron chi connectivity index (χ4n) is 0. The van der Waals surface area contributed by atoms with Crippen LogP contribution >= 0.6 is 11.6 Å². The molecular weight excluding hydrogens is 218 g/mol. The van der Waals surface area contributed by atoms with Crippen LogP contribution in [0, 0.1) is 6.92 Å². The summed E-state index contributed by atoms with van der Waals surface area (Å²) in [5.74, 6) is -0.981. The summed E-state index contributed by atoms with van der Waals surface area (Å²) >= 11 is 4.64. The molecule has 0 spiro atoms. The number of hydrogen-bond donors (Lipinski definition) is 1. The van der Waals surface area contributed by atoms with Gasteiger partial charge in [-0.15, -0.1) is 11.6 Å². The maximum Gasteiger partial charge on any atom is 2.00 e. The Hall–Kier alpha value is 0.720. The van der Waals surface area contributed by atoms with Crippen molar-refractivity contribution in [3.8, 4) is 0 Å². The van der Waals surface area contributed by atoms with Crippen LogP contribution in [0.5, 0.6) is 0 Å². The molecule has 0 atom stereocenters. The third kappa shape index (κ3) is 198. The number of rotatable bonds is 1. The molecule has 0 aromatic rings. The number of aliphatic carboxylic acids is 1. The summed E-state index contributed by atoms with van der Waals surface area (Å²) in [6.07, 6.45) is 2.31. The van der Waals surface area contributed by atoms with E-state index in [1.54, 1.807) is 21.0 Å². The first-order valence-corrected chi connectivity index (χ1v) is 3.86. The van der Waals surface area contributed by atoms with Crippen molar-refractivity contribution in [3.05, 3.63) is 24.9 Å². The average molecular weight is 236 g/mol. The third-order valence-corrected chi connectivity index (χ3v) is 0.175. The van der Waals surface area contributed by atoms with Gasteiger partial charge in [0.1, 0.15) is 0 Å². The number of alkyl halides is 1. The molecule has 0 bridgehead atoms. The van der Waals surface area contributed by atoms with E-state index in [0.717, 1.165) is 6.08 Å². The van der Waals surface area contributed by atoms with Gasteiger partial charge in [0.05, 0.1) is 0 Å². The van der Waals surface area contributed by atoms with Gasteiger partial charge in [-0.05, 0) is 0 Å². The second-order valence-electron chi connectivity index (χ2n) is 0.990. The van der Waals surface area contributed by atoms with Crippen molar-refractivity contribution in [2.24, 2.45) is 0 Å². The first-order valence-electron chi connectivity index (χ1n) is 3.10. The van der Waals surface area contributed by atoms with E-state index in [-0.39, 0.29) is 37.7 Å². The Bertz CT molecular complexity index is 82.5. The molecule has 76 valence electrons. The molecule has 0 unspecified atom stereocenters. The molecule has 0 aliphatic heterocycles. The van der Waals surface area contributed by atoms with E-state index in [0.29, 0.717) is 0 Å². The van der Waals surface area contributed by atoms with Crippen LogP contribution in [0.1, 0.15) is 6.92 Å². The molecule has 0 amide bonds. The summed E-state index contributed by atoms with van der Waals surface area (Å²) in [5.41, 5.74) is 0. The van der Waals surface area contributed by atoms with Gasteiger partial charge in [-0.2, -0.15) is 21.0 Å². The van der Waals surface area contributed by atoms with Crippen LogP contribution in [0.15, 0.2) is 12.7 Å². The zero-order valence-corrected chi connectivity index (χ0v) is 11.8. The third-order valence-electron chi connectivity index (χ3n) is 0.175. The Morgan fingerprint density at radius 3 is 1.54 bits per heavy atom. The fourth-order valence-corrected chi connectivity index (χ4v) is 0. The van der Waals surface area contributed by atoms with E-state index in [9.17, 15) is 4.79 Å². The number of carboxylic acid groups (broad SMARTS) is 1. The summed E-state index contributed by atoms with van der Waals surface area (Å²) in [7, 11) is 3.50. The van der Waals surface area contributed by atoms with Crippen molar-refractivity contribution >= 4 is 55.3 Å². The summed E-state index contributed by atoms with van der Waals surface area (Å²) < 4.78 is 0. The van der Waals surface area contributed by atoms with Crippen molar-refractivity contribution < 1.29 is 9.90 Å². The standard InChI is InChI=1S/C3H4O2.C2H6N.C2H5.CH3Cl.Ca/c1-2-3(4)5;1-3-2;2*1-2;/h2H,1H2,(H,4,5);1-2H3;1H2,2H3;1H3;/q;2*-1;;+2. The minimum Gasteiger partial charge on any atom is -0.668 e. The second-order valence-corrected chi connectivity index (χ2v) is 0.990. The summed E-state index contributed by atoms with van der Waals surface area (Å²) in [6.45, 7) is 7.96. The van der Waals surface area contributed by atoms with Crippen molar-refractivity contribution in [3.63, 3.8) is 0 Å². The molecule has 0 saturated carbocycles. The Morgan fingerprint density at radius 2 is 1.54 bits per heavy atom. The Labute approximate surface area is 117 Å². The first-order chi connectivity index (χ1) is 5.68. The van der Waals surface area contributed by atoms with Crippen molar-refractivity contribution in [1.29, 1.82) is 0 Å². The molecule has 0 rings (SSSR count). The summed E-state index contributed by atoms with van der Waals surface area (Å²) in [5, 5.41) is 11.1. The zero-order chi connectivity index (χ0) is 11.0. The van der Waals surface area contributed by atoms with Crippen LogP contribution in [0.4, 0.5) is 0 Å². The van der Waals surface area contributed by atoms with Gasteiger partial charge < -0.3 is 17.3 Å². The molecule has 0 radical (unpaired) electrons. The van der Waals surface area contributed by atoms with E-state index in [1.165, 1.54) is 6.38 Å². The minimum absolute atomic E-state index is 0. The molecule has 0 saturated heterocycles. The van der Waals surface area contributed by atoms with E-state index in [2.05, 4.69) is 30.4 Å². The predicted octanol–water partition coefficient (Wildman–Crippen LogP) is 2.19. The van der Waals surface area contributed by atoms with Crippen LogP contribution < -0.4 is 0 Å². The quantitative estimate of drug-likeness (QED) is 0.328. The zero-order valence-electron chi connectivity index (χ0n) is 8.88. The maximum atomic E-state index is 9.25. The van der Waals surface area contributed by atoms with Gasteiger partial charge in [0.25, 0.3) is 0 Å². The Balaban J connectivity index is -0.0000000235. The van der Waals surface area contributed by atoms with Gasteiger partial charge in [-0.1, -0.05) is 6.58 Å². The maximum absolute atomic E-state index is 9.25. The van der Waals surface area contributed by atoms with E-state index < -0.39 is 5.97 Å². The number of halogens is 1. The van der Waals surface area contributed by atoms with Gasteiger partial charge in [-0.3, -0.25) is 0 Å². The van der Waals surface area contributed by atoms with Crippen LogP contribution in [0.25, 0.3) is 5.32 Å². The Kier molecular flexibility index (Phi) is 120. The molecule has 0 aromatic carbocycles. The minimum atomic E-state index is -0.981. The monoisotopic (exact) mass is 235 g/mol.